The van der Waals surface area contributed by atoms with Gasteiger partial charge in [0.15, 0.2) is 0 Å². The molecule has 1 nitrogen and oxygen atoms in total. The first-order valence-corrected chi connectivity index (χ1v) is 17.7. The van der Waals surface area contributed by atoms with Crippen LogP contribution in [0.5, 0.6) is 0 Å². The third kappa shape index (κ3) is 3.50. The van der Waals surface area contributed by atoms with Crippen molar-refractivity contribution in [2.24, 2.45) is 0 Å². The number of nitrogens with one attached hydrogen (secondary N) is 1. The quantitative estimate of drug-likeness (QED) is 0.238. The number of halogens is 2. The topological polar surface area (TPSA) is 12.0 Å². The van der Waals surface area contributed by atoms with Crippen molar-refractivity contribution in [1.82, 2.24) is 4.86 Å². The second-order valence-corrected chi connectivity index (χ2v) is 21.6. The van der Waals surface area contributed by atoms with Gasteiger partial charge in [0.05, 0.1) is 0 Å². The van der Waals surface area contributed by atoms with Crippen LogP contribution in [0, 0.1) is 0 Å². The van der Waals surface area contributed by atoms with E-state index in [2.05, 4.69) is 108 Å². The Morgan fingerprint density at radius 2 is 0.727 bits per heavy atom. The molecule has 1 N–H and O–H groups in total. The standard InChI is InChI=1S/C28H27Cl2NP2/c1-24-22-32(29,25-14-6-2-7-15-25,26-16-8-3-9-17-26)31-33(30,23-24,27-18-10-4-11-19-27)28-20-12-5-13-21-28/h2-21,31H,1,22-23H2. The van der Waals surface area contributed by atoms with Gasteiger partial charge in [-0.3, -0.25) is 0 Å². The van der Waals surface area contributed by atoms with Gasteiger partial charge in [0, 0.05) is 0 Å². The molecule has 0 radical (unpaired) electrons. The molecular formula is C28H27Cl2NP2. The monoisotopic (exact) mass is 509 g/mol. The van der Waals surface area contributed by atoms with Crippen LogP contribution in [0.3, 0.4) is 0 Å². The SMILES string of the molecule is C=C1CP(Cl)(c2ccccc2)(c2ccccc2)NP(Cl)(c2ccccc2)(c2ccccc2)C1. The van der Waals surface area contributed by atoms with E-state index in [4.69, 9.17) is 22.5 Å². The average molecular weight is 510 g/mol. The zero-order valence-corrected chi connectivity index (χ0v) is 21.6. The van der Waals surface area contributed by atoms with Crippen molar-refractivity contribution < 1.29 is 0 Å². The summed E-state index contributed by atoms with van der Waals surface area (Å²) in [6.07, 6.45) is -5.77. The molecule has 4 aromatic carbocycles. The van der Waals surface area contributed by atoms with Crippen LogP contribution in [0.15, 0.2) is 133 Å². The van der Waals surface area contributed by atoms with Gasteiger partial charge in [-0.2, -0.15) is 0 Å². The third-order valence-corrected chi connectivity index (χ3v) is 22.0. The Morgan fingerprint density at radius 1 is 0.485 bits per heavy atom. The molecule has 5 heteroatoms. The van der Waals surface area contributed by atoms with Gasteiger partial charge in [-0.05, 0) is 0 Å². The van der Waals surface area contributed by atoms with E-state index in [9.17, 15) is 0 Å². The Labute approximate surface area is 206 Å². The van der Waals surface area contributed by atoms with E-state index < -0.39 is 12.2 Å². The van der Waals surface area contributed by atoms with Crippen LogP contribution < -0.4 is 26.1 Å². The molecule has 1 aliphatic rings. The third-order valence-electron chi connectivity index (χ3n) is 6.64. The van der Waals surface area contributed by atoms with Gasteiger partial charge < -0.3 is 0 Å². The molecule has 1 aliphatic heterocycles. The van der Waals surface area contributed by atoms with E-state index in [0.29, 0.717) is 12.3 Å². The number of allylic oxidation sites excluding steroid dienone is 1. The number of benzene rings is 4. The van der Waals surface area contributed by atoms with Crippen molar-refractivity contribution in [2.45, 2.75) is 0 Å². The summed E-state index contributed by atoms with van der Waals surface area (Å²) in [5.74, 6) is 0. The summed E-state index contributed by atoms with van der Waals surface area (Å²) in [7, 11) is 0. The van der Waals surface area contributed by atoms with Crippen LogP contribution in [-0.4, -0.2) is 12.3 Å². The summed E-state index contributed by atoms with van der Waals surface area (Å²) in [5, 5.41) is 4.33. The van der Waals surface area contributed by atoms with Crippen LogP contribution in [-0.2, 0) is 0 Å². The average Bonchev–Trinajstić information content (AvgIpc) is 2.86. The summed E-state index contributed by atoms with van der Waals surface area (Å²) in [5.41, 5.74) is 1.08. The Hall–Kier alpha value is -1.98. The van der Waals surface area contributed by atoms with E-state index in [1.807, 2.05) is 24.3 Å². The van der Waals surface area contributed by atoms with Crippen LogP contribution in [0.4, 0.5) is 0 Å². The van der Waals surface area contributed by atoms with Gasteiger partial charge >= 0.3 is 207 Å². The van der Waals surface area contributed by atoms with E-state index >= 15 is 0 Å². The van der Waals surface area contributed by atoms with Crippen molar-refractivity contribution in [3.63, 3.8) is 0 Å². The Kier molecular flexibility index (Phi) is 5.56. The predicted octanol–water partition coefficient (Wildman–Crippen LogP) is 6.69. The van der Waals surface area contributed by atoms with Crippen molar-refractivity contribution >= 4 is 55.9 Å². The molecule has 33 heavy (non-hydrogen) atoms. The summed E-state index contributed by atoms with van der Waals surface area (Å²) in [4.78, 5) is 4.16. The van der Waals surface area contributed by atoms with Crippen LogP contribution in [0.2, 0.25) is 0 Å². The molecule has 0 aromatic heterocycles. The van der Waals surface area contributed by atoms with Crippen LogP contribution in [0.1, 0.15) is 0 Å². The van der Waals surface area contributed by atoms with E-state index in [0.717, 1.165) is 26.8 Å². The number of hydrogen-bond donors (Lipinski definition) is 1. The van der Waals surface area contributed by atoms with Crippen LogP contribution >= 0.6 is 34.7 Å². The normalized spacial score (nSPS) is 22.7. The fraction of sp³-hybridized carbons (Fsp3) is 0.0714. The van der Waals surface area contributed by atoms with Gasteiger partial charge in [-0.15, -0.1) is 0 Å². The van der Waals surface area contributed by atoms with Gasteiger partial charge in [0.2, 0.25) is 0 Å². The van der Waals surface area contributed by atoms with Gasteiger partial charge in [-0.1, -0.05) is 0 Å². The second kappa shape index (κ2) is 8.06. The van der Waals surface area contributed by atoms with Crippen molar-refractivity contribution in [3.8, 4) is 0 Å². The number of rotatable bonds is 4. The fourth-order valence-electron chi connectivity index (χ4n) is 5.24. The summed E-state index contributed by atoms with van der Waals surface area (Å²) < 4.78 is 0. The molecule has 1 heterocycles. The second-order valence-electron chi connectivity index (χ2n) is 8.87. The Morgan fingerprint density at radius 3 is 0.970 bits per heavy atom. The van der Waals surface area contributed by atoms with Crippen molar-refractivity contribution in [2.75, 3.05) is 12.3 Å². The zero-order valence-electron chi connectivity index (χ0n) is 18.3. The van der Waals surface area contributed by atoms with Gasteiger partial charge in [0.25, 0.3) is 0 Å². The Balaban J connectivity index is 1.91. The minimum absolute atomic E-state index is 0.658. The fourth-order valence-corrected chi connectivity index (χ4v) is 23.4. The molecule has 0 atom stereocenters. The molecule has 0 amide bonds. The maximum atomic E-state index is 8.16. The molecule has 1 fully saturated rings. The molecule has 0 spiro atoms. The molecule has 0 bridgehead atoms. The predicted molar refractivity (Wildman–Crippen MR) is 152 cm³/mol. The molecule has 168 valence electrons. The molecular weight excluding hydrogens is 483 g/mol. The van der Waals surface area contributed by atoms with Gasteiger partial charge in [0.1, 0.15) is 0 Å². The minimum atomic E-state index is -3.54. The maximum absolute atomic E-state index is 8.16. The first-order valence-electron chi connectivity index (χ1n) is 11.0. The molecule has 0 unspecified atom stereocenters. The van der Waals surface area contributed by atoms with Crippen molar-refractivity contribution in [3.05, 3.63) is 133 Å². The molecule has 0 aliphatic carbocycles. The summed E-state index contributed by atoms with van der Waals surface area (Å²) >= 11 is 16.3. The Bertz CT molecular complexity index is 1120. The molecule has 1 saturated heterocycles. The van der Waals surface area contributed by atoms with Crippen LogP contribution in [0.25, 0.3) is 0 Å². The summed E-state index contributed by atoms with van der Waals surface area (Å²) in [6.45, 7) is 4.55. The molecule has 5 rings (SSSR count). The molecule has 4 aromatic rings. The zero-order chi connectivity index (χ0) is 23.0. The van der Waals surface area contributed by atoms with Crippen molar-refractivity contribution in [1.29, 1.82) is 0 Å². The van der Waals surface area contributed by atoms with E-state index in [1.165, 1.54) is 0 Å². The van der Waals surface area contributed by atoms with Gasteiger partial charge in [-0.25, -0.2) is 0 Å². The first-order chi connectivity index (χ1) is 15.9. The first kappa shape index (κ1) is 22.8. The van der Waals surface area contributed by atoms with E-state index in [1.54, 1.807) is 0 Å². The summed E-state index contributed by atoms with van der Waals surface area (Å²) in [6, 6.07) is 41.7. The molecule has 0 saturated carbocycles. The van der Waals surface area contributed by atoms with E-state index in [-0.39, 0.29) is 0 Å². The number of hydrogen-bond acceptors (Lipinski definition) is 1.